The van der Waals surface area contributed by atoms with Crippen molar-refractivity contribution >= 4 is 30.3 Å². The number of pyridine rings is 2. The van der Waals surface area contributed by atoms with Crippen LogP contribution in [-0.4, -0.2) is 40.3 Å². The molecule has 0 amide bonds. The zero-order valence-electron chi connectivity index (χ0n) is 18.1. The Hall–Kier alpha value is -0.734. The lowest BCUT2D eigenvalue weighted by molar-refractivity contribution is 0.746. The zero-order valence-corrected chi connectivity index (χ0v) is 21.2. The lowest BCUT2D eigenvalue weighted by atomic mass is 10.2. The normalized spacial score (nSPS) is 17.3. The van der Waals surface area contributed by atoms with Crippen LogP contribution in [0, 0.1) is 0 Å². The molecule has 2 nitrogen and oxygen atoms in total. The van der Waals surface area contributed by atoms with Crippen molar-refractivity contribution in [2.45, 2.75) is 66.7 Å². The summed E-state index contributed by atoms with van der Waals surface area (Å²) < 4.78 is 0.390. The summed E-state index contributed by atoms with van der Waals surface area (Å²) in [6, 6.07) is 12.9. The molecule has 0 saturated carbocycles. The van der Waals surface area contributed by atoms with E-state index >= 15 is 0 Å². The molecule has 0 saturated heterocycles. The van der Waals surface area contributed by atoms with Gasteiger partial charge < -0.3 is 0 Å². The highest BCUT2D eigenvalue weighted by Gasteiger charge is 2.60. The highest BCUT2D eigenvalue weighted by atomic mass is 28.3. The second-order valence-corrected chi connectivity index (χ2v) is 26.0. The molecule has 2 aromatic heterocycles. The molecular weight excluding hydrogens is 363 g/mol. The van der Waals surface area contributed by atoms with Crippen molar-refractivity contribution < 1.29 is 0 Å². The summed E-state index contributed by atoms with van der Waals surface area (Å²) in [7, 11) is -3.09. The van der Waals surface area contributed by atoms with Gasteiger partial charge in [-0.05, 0) is 32.1 Å². The molecule has 0 aliphatic rings. The van der Waals surface area contributed by atoms with Gasteiger partial charge in [-0.25, -0.2) is 0 Å². The maximum atomic E-state index is 4.89. The van der Waals surface area contributed by atoms with Crippen LogP contribution in [0.3, 0.4) is 0 Å². The van der Waals surface area contributed by atoms with Crippen LogP contribution in [0.15, 0.2) is 48.8 Å². The summed E-state index contributed by atoms with van der Waals surface area (Å²) in [6.07, 6.45) is 3.95. The monoisotopic (exact) mass is 398 g/mol. The first kappa shape index (κ1) is 21.6. The first-order valence-electron chi connectivity index (χ1n) is 9.70. The lowest BCUT2D eigenvalue weighted by Crippen LogP contribution is -2.69. The second kappa shape index (κ2) is 7.35. The first-order valence-corrected chi connectivity index (χ1v) is 19.0. The highest BCUT2D eigenvalue weighted by molar-refractivity contribution is 6.99. The molecule has 2 rings (SSSR count). The Morgan fingerprint density at radius 3 is 1.27 bits per heavy atom. The fourth-order valence-electron chi connectivity index (χ4n) is 4.43. The standard InChI is InChI=1S/2C10H16NSi.CH3.Al/c2*1-9(12(2,3)4)10-7-5-6-8-11-10;;/h2*5-8H,1-4H3;1H3;. The molecule has 140 valence electrons. The minimum absolute atomic E-state index is 0.195. The Morgan fingerprint density at radius 2 is 1.04 bits per heavy atom. The van der Waals surface area contributed by atoms with E-state index in [1.54, 1.807) is 0 Å². The van der Waals surface area contributed by atoms with Gasteiger partial charge in [0.1, 0.15) is 0 Å². The van der Waals surface area contributed by atoms with Crippen molar-refractivity contribution in [2.75, 3.05) is 0 Å². The molecule has 0 fully saturated rings. The molecule has 2 aromatic rings. The number of hydrogen-bond donors (Lipinski definition) is 0. The summed E-state index contributed by atoms with van der Waals surface area (Å²) in [5.74, 6) is 2.60. The van der Waals surface area contributed by atoms with Gasteiger partial charge in [0, 0.05) is 39.9 Å². The van der Waals surface area contributed by atoms with E-state index in [1.807, 2.05) is 24.5 Å². The Bertz CT molecular complexity index is 662. The highest BCUT2D eigenvalue weighted by Crippen LogP contribution is 2.46. The second-order valence-electron chi connectivity index (χ2n) is 10.1. The molecule has 0 unspecified atom stereocenters. The summed E-state index contributed by atoms with van der Waals surface area (Å²) in [5.41, 5.74) is 2.61. The minimum Gasteiger partial charge on any atom is -0.262 e. The van der Waals surface area contributed by atoms with Crippen LogP contribution in [0.2, 0.25) is 45.1 Å². The van der Waals surface area contributed by atoms with Crippen molar-refractivity contribution in [1.29, 1.82) is 0 Å². The summed E-state index contributed by atoms with van der Waals surface area (Å²) in [5, 5.41) is 0. The van der Waals surface area contributed by atoms with Gasteiger partial charge in [-0.2, -0.15) is 0 Å². The third kappa shape index (κ3) is 3.52. The van der Waals surface area contributed by atoms with E-state index in [0.717, 1.165) is 0 Å². The number of aromatic nitrogens is 2. The molecule has 2 heterocycles. The number of hydrogen-bond acceptors (Lipinski definition) is 2. The molecule has 0 radical (unpaired) electrons. The maximum absolute atomic E-state index is 4.89. The van der Waals surface area contributed by atoms with E-state index in [4.69, 9.17) is 9.97 Å². The number of nitrogens with zero attached hydrogens (tertiary/aromatic N) is 2. The van der Waals surface area contributed by atoms with E-state index in [0.29, 0.717) is 0 Å². The average Bonchev–Trinajstić information content (AvgIpc) is 2.59. The Balaban J connectivity index is 2.75. The van der Waals surface area contributed by atoms with Crippen LogP contribution in [0.4, 0.5) is 0 Å². The van der Waals surface area contributed by atoms with E-state index in [2.05, 4.69) is 83.2 Å². The van der Waals surface area contributed by atoms with Crippen molar-refractivity contribution in [3.05, 3.63) is 60.2 Å². The van der Waals surface area contributed by atoms with Crippen LogP contribution >= 0.6 is 0 Å². The first-order chi connectivity index (χ1) is 11.9. The molecule has 0 N–H and O–H groups in total. The zero-order chi connectivity index (χ0) is 19.8. The molecule has 5 heteroatoms. The van der Waals surface area contributed by atoms with Gasteiger partial charge in [-0.1, -0.05) is 65.3 Å². The molecule has 0 aliphatic heterocycles. The topological polar surface area (TPSA) is 25.8 Å². The van der Waals surface area contributed by atoms with Crippen LogP contribution in [0.5, 0.6) is 0 Å². The van der Waals surface area contributed by atoms with Gasteiger partial charge in [0.05, 0.1) is 0 Å². The molecule has 0 bridgehead atoms. The van der Waals surface area contributed by atoms with E-state index in [1.165, 1.54) is 11.4 Å². The Kier molecular flexibility index (Phi) is 6.10. The van der Waals surface area contributed by atoms with Crippen molar-refractivity contribution in [3.8, 4) is 0 Å². The third-order valence-electron chi connectivity index (χ3n) is 7.24. The smallest absolute Gasteiger partial charge is 0.262 e. The number of rotatable bonds is 6. The summed E-state index contributed by atoms with van der Waals surface area (Å²) in [6.45, 7) is 20.2. The Morgan fingerprint density at radius 1 is 0.692 bits per heavy atom. The third-order valence-corrected chi connectivity index (χ3v) is 25.8. The average molecular weight is 399 g/mol. The van der Waals surface area contributed by atoms with Crippen molar-refractivity contribution in [2.24, 2.45) is 0 Å². The van der Waals surface area contributed by atoms with Crippen LogP contribution in [-0.2, 0) is 7.80 Å². The lowest BCUT2D eigenvalue weighted by Gasteiger charge is -2.53. The minimum atomic E-state index is -1.54. The van der Waals surface area contributed by atoms with Crippen molar-refractivity contribution in [3.63, 3.8) is 0 Å². The Labute approximate surface area is 166 Å². The fourth-order valence-corrected chi connectivity index (χ4v) is 21.2. The molecule has 0 aliphatic carbocycles. The van der Waals surface area contributed by atoms with E-state index in [9.17, 15) is 0 Å². The molecule has 2 atom stereocenters. The van der Waals surface area contributed by atoms with Gasteiger partial charge in [0.15, 0.2) is 0 Å². The van der Waals surface area contributed by atoms with Crippen molar-refractivity contribution in [1.82, 2.24) is 9.97 Å². The predicted molar refractivity (Wildman–Crippen MR) is 121 cm³/mol. The fraction of sp³-hybridized carbons (Fsp3) is 0.524. The van der Waals surface area contributed by atoms with Gasteiger partial charge in [-0.15, -0.1) is 5.79 Å². The van der Waals surface area contributed by atoms with Gasteiger partial charge in [0.2, 0.25) is 0 Å². The largest absolute Gasteiger partial charge is 0.283 e. The van der Waals surface area contributed by atoms with E-state index in [-0.39, 0.29) is 7.80 Å². The molecule has 0 spiro atoms. The van der Waals surface area contributed by atoms with Crippen LogP contribution < -0.4 is 0 Å². The molecular formula is C21H35AlN2Si2. The van der Waals surface area contributed by atoms with Crippen LogP contribution in [0.25, 0.3) is 0 Å². The quantitative estimate of drug-likeness (QED) is 0.588. The molecule has 0 aromatic carbocycles. The van der Waals surface area contributed by atoms with Crippen LogP contribution in [0.1, 0.15) is 25.2 Å². The molecule has 26 heavy (non-hydrogen) atoms. The van der Waals surface area contributed by atoms with Gasteiger partial charge >= 0.3 is 0 Å². The summed E-state index contributed by atoms with van der Waals surface area (Å²) in [4.78, 5) is 9.78. The predicted octanol–water partition coefficient (Wildman–Crippen LogP) is 5.65. The maximum Gasteiger partial charge on any atom is 0.283 e. The van der Waals surface area contributed by atoms with E-state index < -0.39 is 30.3 Å². The summed E-state index contributed by atoms with van der Waals surface area (Å²) >= 11 is -1.37. The van der Waals surface area contributed by atoms with Gasteiger partial charge in [-0.3, -0.25) is 9.97 Å². The SMILES string of the molecule is [CH3][Al]([C@](C)(c1ccccn1)[Si](C)(C)C)[C@](C)(c1ccccn1)[Si](C)(C)C. The van der Waals surface area contributed by atoms with Gasteiger partial charge in [0.25, 0.3) is 14.1 Å².